The minimum Gasteiger partial charge on any atom is -1.00 e. The molecule has 0 spiro atoms. The predicted octanol–water partition coefficient (Wildman–Crippen LogP) is 3.24. The summed E-state index contributed by atoms with van der Waals surface area (Å²) in [5.41, 5.74) is 2.15. The highest BCUT2D eigenvalue weighted by Gasteiger charge is 2.46. The van der Waals surface area contributed by atoms with Crippen LogP contribution in [0.3, 0.4) is 0 Å². The first-order valence-corrected chi connectivity index (χ1v) is 15.2. The molecule has 0 saturated heterocycles. The van der Waals surface area contributed by atoms with Gasteiger partial charge in [0.15, 0.2) is 6.29 Å². The van der Waals surface area contributed by atoms with Crippen LogP contribution in [0.1, 0.15) is 17.2 Å². The molecule has 5 heteroatoms. The van der Waals surface area contributed by atoms with Crippen LogP contribution >= 0.6 is 7.26 Å². The Hall–Kier alpha value is -3.98. The van der Waals surface area contributed by atoms with E-state index < -0.39 is 7.26 Å². The van der Waals surface area contributed by atoms with Crippen LogP contribution in [0, 0.1) is 0 Å². The molecule has 5 aromatic carbocycles. The van der Waals surface area contributed by atoms with Gasteiger partial charge in [-0.05, 0) is 47.5 Å². The zero-order valence-electron chi connectivity index (χ0n) is 22.0. The molecule has 198 valence electrons. The zero-order valence-corrected chi connectivity index (χ0v) is 24.5. The maximum Gasteiger partial charge on any atom is 0.331 e. The van der Waals surface area contributed by atoms with E-state index in [1.807, 2.05) is 57.9 Å². The second kappa shape index (κ2) is 12.5. The van der Waals surface area contributed by atoms with Gasteiger partial charge in [-0.1, -0.05) is 115 Å². The molecule has 0 fully saturated rings. The van der Waals surface area contributed by atoms with Crippen molar-refractivity contribution in [1.82, 2.24) is 9.13 Å². The molecular weight excluding hydrogens is 575 g/mol. The summed E-state index contributed by atoms with van der Waals surface area (Å²) in [5, 5.41) is 3.76. The summed E-state index contributed by atoms with van der Waals surface area (Å²) in [6, 6.07) is 52.4. The van der Waals surface area contributed by atoms with Gasteiger partial charge < -0.3 is 17.0 Å². The van der Waals surface area contributed by atoms with Gasteiger partial charge >= 0.3 is 5.69 Å². The van der Waals surface area contributed by atoms with E-state index in [4.69, 9.17) is 0 Å². The number of benzene rings is 5. The van der Waals surface area contributed by atoms with Gasteiger partial charge in [-0.15, -0.1) is 0 Å². The van der Waals surface area contributed by atoms with Gasteiger partial charge in [-0.25, -0.2) is 4.79 Å². The summed E-state index contributed by atoms with van der Waals surface area (Å²) in [6.45, 7) is 0. The maximum absolute atomic E-state index is 14.3. The van der Waals surface area contributed by atoms with Crippen molar-refractivity contribution in [3.8, 4) is 0 Å². The molecule has 1 heterocycles. The third-order valence-corrected chi connectivity index (χ3v) is 11.6. The summed E-state index contributed by atoms with van der Waals surface area (Å²) in [6.07, 6.45) is 4.49. The van der Waals surface area contributed by atoms with Crippen molar-refractivity contribution in [2.45, 2.75) is 12.3 Å². The molecule has 0 atom stereocenters. The number of rotatable bonds is 8. The van der Waals surface area contributed by atoms with Crippen LogP contribution in [-0.2, 0) is 6.29 Å². The van der Waals surface area contributed by atoms with E-state index in [1.54, 1.807) is 0 Å². The first kappa shape index (κ1) is 27.6. The summed E-state index contributed by atoms with van der Waals surface area (Å²) >= 11 is 0. The van der Waals surface area contributed by atoms with Crippen molar-refractivity contribution in [3.05, 3.63) is 186 Å². The van der Waals surface area contributed by atoms with Crippen LogP contribution in [0.5, 0.6) is 0 Å². The quantitative estimate of drug-likeness (QED) is 0.245. The lowest BCUT2D eigenvalue weighted by molar-refractivity contribution is -0.00000759. The van der Waals surface area contributed by atoms with Gasteiger partial charge in [0.1, 0.15) is 23.2 Å². The molecule has 40 heavy (non-hydrogen) atoms. The van der Waals surface area contributed by atoms with Gasteiger partial charge in [-0.2, -0.15) is 0 Å². The molecule has 6 rings (SSSR count). The minimum absolute atomic E-state index is 0. The van der Waals surface area contributed by atoms with Gasteiger partial charge in [0.05, 0.1) is 6.04 Å². The van der Waals surface area contributed by atoms with E-state index in [1.165, 1.54) is 15.9 Å². The Labute approximate surface area is 246 Å². The Morgan fingerprint density at radius 2 is 0.850 bits per heavy atom. The Bertz CT molecular complexity index is 1550. The van der Waals surface area contributed by atoms with Crippen molar-refractivity contribution in [2.75, 3.05) is 0 Å². The molecule has 0 unspecified atom stereocenters. The molecule has 6 aromatic rings. The fraction of sp³-hybridized carbons (Fsp3) is 0.0571. The number of hydrogen-bond donors (Lipinski definition) is 0. The van der Waals surface area contributed by atoms with E-state index in [2.05, 4.69) is 115 Å². The van der Waals surface area contributed by atoms with Crippen LogP contribution in [0.25, 0.3) is 0 Å². The highest BCUT2D eigenvalue weighted by molar-refractivity contribution is 7.94. The molecule has 3 nitrogen and oxygen atoms in total. The van der Waals surface area contributed by atoms with Crippen molar-refractivity contribution < 1.29 is 17.0 Å². The zero-order chi connectivity index (χ0) is 26.5. The second-order valence-electron chi connectivity index (χ2n) is 9.64. The molecule has 0 N–H and O–H groups in total. The lowest BCUT2D eigenvalue weighted by Crippen LogP contribution is -3.00. The molecule has 0 amide bonds. The first-order valence-electron chi connectivity index (χ1n) is 13.2. The van der Waals surface area contributed by atoms with Crippen molar-refractivity contribution >= 4 is 23.2 Å². The highest BCUT2D eigenvalue weighted by Crippen LogP contribution is 2.56. The van der Waals surface area contributed by atoms with Crippen LogP contribution < -0.4 is 38.6 Å². The Morgan fingerprint density at radius 3 is 1.23 bits per heavy atom. The number of imidazole rings is 1. The van der Waals surface area contributed by atoms with E-state index >= 15 is 0 Å². The third kappa shape index (κ3) is 5.25. The smallest absolute Gasteiger partial charge is 0.331 e. The summed E-state index contributed by atoms with van der Waals surface area (Å²) in [7, 11) is -2.21. The normalized spacial score (nSPS) is 11.2. The minimum atomic E-state index is -2.21. The topological polar surface area (TPSA) is 26.9 Å². The molecule has 0 bridgehead atoms. The third-order valence-electron chi connectivity index (χ3n) is 7.34. The number of hydrogen-bond acceptors (Lipinski definition) is 1. The number of halogens is 1. The molecule has 0 aliphatic carbocycles. The predicted molar refractivity (Wildman–Crippen MR) is 164 cm³/mol. The van der Waals surface area contributed by atoms with Crippen molar-refractivity contribution in [1.29, 1.82) is 0 Å². The van der Waals surface area contributed by atoms with E-state index in [0.717, 1.165) is 11.1 Å². The van der Waals surface area contributed by atoms with Crippen LogP contribution in [-0.4, -0.2) is 9.13 Å². The van der Waals surface area contributed by atoms with E-state index in [-0.39, 0.29) is 28.7 Å². The Balaban J connectivity index is 0.00000323. The van der Waals surface area contributed by atoms with Gasteiger partial charge in [0.2, 0.25) is 0 Å². The number of nitrogens with zero attached hydrogens (tertiary/aromatic N) is 2. The molecule has 0 saturated carbocycles. The molecule has 1 aromatic heterocycles. The lowest BCUT2D eigenvalue weighted by Gasteiger charge is -2.27. The Kier molecular flexibility index (Phi) is 8.60. The van der Waals surface area contributed by atoms with Gasteiger partial charge in [-0.3, -0.25) is 9.13 Å². The fourth-order valence-corrected chi connectivity index (χ4v) is 9.58. The lowest BCUT2D eigenvalue weighted by atomic mass is 9.99. The van der Waals surface area contributed by atoms with Gasteiger partial charge in [0.25, 0.3) is 0 Å². The molecule has 0 radical (unpaired) electrons. The average Bonchev–Trinajstić information content (AvgIpc) is 3.37. The SMILES string of the molecule is O=c1n(C[P+](c2ccccc2)(c2ccccc2)c2ccccc2)ccn1C(c1ccccc1)c1ccccc1.[Br-]. The van der Waals surface area contributed by atoms with E-state index in [9.17, 15) is 4.79 Å². The molecule has 0 aliphatic rings. The van der Waals surface area contributed by atoms with Crippen molar-refractivity contribution in [3.63, 3.8) is 0 Å². The van der Waals surface area contributed by atoms with Gasteiger partial charge in [0, 0.05) is 12.4 Å². The summed E-state index contributed by atoms with van der Waals surface area (Å²) in [4.78, 5) is 14.3. The summed E-state index contributed by atoms with van der Waals surface area (Å²) < 4.78 is 3.79. The monoisotopic (exact) mass is 604 g/mol. The van der Waals surface area contributed by atoms with Crippen LogP contribution in [0.15, 0.2) is 169 Å². The highest BCUT2D eigenvalue weighted by atomic mass is 79.9. The molecule has 0 aliphatic heterocycles. The van der Waals surface area contributed by atoms with Crippen LogP contribution in [0.4, 0.5) is 0 Å². The Morgan fingerprint density at radius 1 is 0.500 bits per heavy atom. The second-order valence-corrected chi connectivity index (χ2v) is 13.1. The fourth-order valence-electron chi connectivity index (χ4n) is 5.48. The maximum atomic E-state index is 14.3. The van der Waals surface area contributed by atoms with E-state index in [0.29, 0.717) is 6.29 Å². The van der Waals surface area contributed by atoms with Crippen molar-refractivity contribution in [2.24, 2.45) is 0 Å². The largest absolute Gasteiger partial charge is 1.00 e. The first-order chi connectivity index (χ1) is 19.3. The standard InChI is InChI=1S/C35H30N2OP.BrH/c38-35-36(26-27-37(35)34(29-16-6-1-7-17-29)30-18-8-2-9-19-30)28-39(31-20-10-3-11-21-31,32-22-12-4-13-23-32)33-24-14-5-15-25-33;/h1-27,34H,28H2;1H/q+1;/p-1. The number of aromatic nitrogens is 2. The average molecular weight is 606 g/mol. The van der Waals surface area contributed by atoms with Crippen LogP contribution in [0.2, 0.25) is 0 Å². The molecular formula is C35H30BrN2OP. The summed E-state index contributed by atoms with van der Waals surface area (Å²) in [5.74, 6) is 0.